The molecule has 3 aromatic heterocycles. The lowest BCUT2D eigenvalue weighted by atomic mass is 10.2. The van der Waals surface area contributed by atoms with Crippen LogP contribution in [0.3, 0.4) is 0 Å². The highest BCUT2D eigenvalue weighted by Crippen LogP contribution is 2.16. The van der Waals surface area contributed by atoms with E-state index >= 15 is 0 Å². The standard InChI is InChI=1S/C12H11N7S/c13-10-9-12(17-5-16-10)19(6-18-9)4-7-2-1-3-15-8(7)11(14)20/h1-3,5-6H,4H2,(H2,14,20)(H2,13,16,17). The van der Waals surface area contributed by atoms with E-state index in [0.717, 1.165) is 5.56 Å². The minimum absolute atomic E-state index is 0.263. The topological polar surface area (TPSA) is 109 Å². The van der Waals surface area contributed by atoms with Gasteiger partial charge in [-0.1, -0.05) is 18.3 Å². The van der Waals surface area contributed by atoms with Crippen LogP contribution in [-0.4, -0.2) is 29.5 Å². The summed E-state index contributed by atoms with van der Waals surface area (Å²) in [6.07, 6.45) is 4.73. The summed E-state index contributed by atoms with van der Waals surface area (Å²) in [4.78, 5) is 16.8. The van der Waals surface area contributed by atoms with Crippen LogP contribution in [0.2, 0.25) is 0 Å². The fourth-order valence-electron chi connectivity index (χ4n) is 1.99. The number of hydrogen-bond acceptors (Lipinski definition) is 6. The Hall–Kier alpha value is -2.61. The second-order valence-corrected chi connectivity index (χ2v) is 4.62. The summed E-state index contributed by atoms with van der Waals surface area (Å²) in [6, 6.07) is 3.75. The van der Waals surface area contributed by atoms with Gasteiger partial charge in [-0.3, -0.25) is 4.98 Å². The van der Waals surface area contributed by atoms with E-state index in [9.17, 15) is 0 Å². The molecular formula is C12H11N7S. The maximum Gasteiger partial charge on any atom is 0.165 e. The van der Waals surface area contributed by atoms with Gasteiger partial charge in [-0.2, -0.15) is 0 Å². The van der Waals surface area contributed by atoms with E-state index in [0.29, 0.717) is 29.2 Å². The summed E-state index contributed by atoms with van der Waals surface area (Å²) < 4.78 is 1.85. The zero-order valence-electron chi connectivity index (χ0n) is 10.4. The van der Waals surface area contributed by atoms with Crippen molar-refractivity contribution in [3.63, 3.8) is 0 Å². The number of nitrogens with two attached hydrogens (primary N) is 2. The van der Waals surface area contributed by atoms with Crippen molar-refractivity contribution in [2.75, 3.05) is 5.73 Å². The van der Waals surface area contributed by atoms with E-state index in [4.69, 9.17) is 23.7 Å². The molecule has 3 heterocycles. The normalized spacial score (nSPS) is 10.8. The number of nitrogen functional groups attached to an aromatic ring is 1. The van der Waals surface area contributed by atoms with Crippen LogP contribution in [0.5, 0.6) is 0 Å². The van der Waals surface area contributed by atoms with E-state index in [1.807, 2.05) is 16.7 Å². The first-order chi connectivity index (χ1) is 9.66. The molecule has 0 atom stereocenters. The molecule has 0 aliphatic carbocycles. The summed E-state index contributed by atoms with van der Waals surface area (Å²) in [5, 5.41) is 0. The van der Waals surface area contributed by atoms with Crippen LogP contribution >= 0.6 is 12.2 Å². The van der Waals surface area contributed by atoms with E-state index in [2.05, 4.69) is 19.9 Å². The molecule has 0 aliphatic heterocycles. The van der Waals surface area contributed by atoms with Crippen molar-refractivity contribution in [1.29, 1.82) is 0 Å². The maximum atomic E-state index is 5.76. The zero-order valence-corrected chi connectivity index (χ0v) is 11.2. The monoisotopic (exact) mass is 285 g/mol. The molecule has 100 valence electrons. The lowest BCUT2D eigenvalue weighted by Gasteiger charge is -2.08. The SMILES string of the molecule is NC(=S)c1ncccc1Cn1cnc2c(N)ncnc21. The van der Waals surface area contributed by atoms with Gasteiger partial charge in [0.2, 0.25) is 0 Å². The zero-order chi connectivity index (χ0) is 14.1. The van der Waals surface area contributed by atoms with E-state index < -0.39 is 0 Å². The number of thiocarbonyl (C=S) groups is 1. The van der Waals surface area contributed by atoms with Crippen molar-refractivity contribution in [1.82, 2.24) is 24.5 Å². The quantitative estimate of drug-likeness (QED) is 0.674. The van der Waals surface area contributed by atoms with Crippen molar-refractivity contribution < 1.29 is 0 Å². The van der Waals surface area contributed by atoms with Gasteiger partial charge in [0.15, 0.2) is 11.5 Å². The molecule has 4 N–H and O–H groups in total. The van der Waals surface area contributed by atoms with Gasteiger partial charge in [0.1, 0.15) is 22.5 Å². The minimum atomic E-state index is 0.263. The Balaban J connectivity index is 2.06. The van der Waals surface area contributed by atoms with Crippen LogP contribution in [0.4, 0.5) is 5.82 Å². The van der Waals surface area contributed by atoms with E-state index in [1.54, 1.807) is 12.5 Å². The third-order valence-electron chi connectivity index (χ3n) is 2.89. The van der Waals surface area contributed by atoms with Crippen LogP contribution < -0.4 is 11.5 Å². The first-order valence-electron chi connectivity index (χ1n) is 5.82. The average molecular weight is 285 g/mol. The summed E-state index contributed by atoms with van der Waals surface area (Å²) in [5.41, 5.74) is 14.2. The van der Waals surface area contributed by atoms with Gasteiger partial charge in [0.25, 0.3) is 0 Å². The van der Waals surface area contributed by atoms with Crippen molar-refractivity contribution in [2.24, 2.45) is 5.73 Å². The molecule has 8 heteroatoms. The Kier molecular flexibility index (Phi) is 2.99. The van der Waals surface area contributed by atoms with Crippen molar-refractivity contribution in [2.45, 2.75) is 6.54 Å². The van der Waals surface area contributed by atoms with Crippen LogP contribution in [0.1, 0.15) is 11.3 Å². The van der Waals surface area contributed by atoms with Gasteiger partial charge >= 0.3 is 0 Å². The predicted molar refractivity (Wildman–Crippen MR) is 79.0 cm³/mol. The predicted octanol–water partition coefficient (Wildman–Crippen LogP) is 0.486. The molecule has 7 nitrogen and oxygen atoms in total. The summed E-state index contributed by atoms with van der Waals surface area (Å²) in [6.45, 7) is 0.507. The Morgan fingerprint density at radius 1 is 1.25 bits per heavy atom. The number of nitrogens with zero attached hydrogens (tertiary/aromatic N) is 5. The Morgan fingerprint density at radius 2 is 2.10 bits per heavy atom. The molecule has 0 spiro atoms. The van der Waals surface area contributed by atoms with E-state index in [1.165, 1.54) is 6.33 Å². The molecule has 0 unspecified atom stereocenters. The lowest BCUT2D eigenvalue weighted by Crippen LogP contribution is -2.16. The van der Waals surface area contributed by atoms with Crippen molar-refractivity contribution in [3.05, 3.63) is 42.2 Å². The second kappa shape index (κ2) is 4.82. The molecule has 0 fully saturated rings. The summed E-state index contributed by atoms with van der Waals surface area (Å²) in [5.74, 6) is 0.356. The van der Waals surface area contributed by atoms with Crippen molar-refractivity contribution in [3.8, 4) is 0 Å². The minimum Gasteiger partial charge on any atom is -0.388 e. The summed E-state index contributed by atoms with van der Waals surface area (Å²) in [7, 11) is 0. The molecule has 20 heavy (non-hydrogen) atoms. The second-order valence-electron chi connectivity index (χ2n) is 4.18. The van der Waals surface area contributed by atoms with Crippen molar-refractivity contribution >= 4 is 34.2 Å². The first kappa shape index (κ1) is 12.4. The number of fused-ring (bicyclic) bond motifs is 1. The molecule has 0 aliphatic rings. The smallest absolute Gasteiger partial charge is 0.165 e. The van der Waals surface area contributed by atoms with Crippen LogP contribution in [-0.2, 0) is 6.54 Å². The fourth-order valence-corrected chi connectivity index (χ4v) is 2.17. The summed E-state index contributed by atoms with van der Waals surface area (Å²) >= 11 is 5.01. The third-order valence-corrected chi connectivity index (χ3v) is 3.09. The molecule has 0 bridgehead atoms. The van der Waals surface area contributed by atoms with Crippen LogP contribution in [0, 0.1) is 0 Å². The van der Waals surface area contributed by atoms with Crippen LogP contribution in [0.15, 0.2) is 31.0 Å². The van der Waals surface area contributed by atoms with Crippen LogP contribution in [0.25, 0.3) is 11.2 Å². The number of pyridine rings is 1. The lowest BCUT2D eigenvalue weighted by molar-refractivity contribution is 0.807. The highest BCUT2D eigenvalue weighted by atomic mass is 32.1. The van der Waals surface area contributed by atoms with Gasteiger partial charge in [0.05, 0.1) is 12.9 Å². The van der Waals surface area contributed by atoms with Gasteiger partial charge < -0.3 is 16.0 Å². The molecule has 0 radical (unpaired) electrons. The number of rotatable bonds is 3. The largest absolute Gasteiger partial charge is 0.388 e. The number of aromatic nitrogens is 5. The number of imidazole rings is 1. The third kappa shape index (κ3) is 2.05. The molecule has 0 saturated heterocycles. The Morgan fingerprint density at radius 3 is 2.90 bits per heavy atom. The Bertz CT molecular complexity index is 795. The first-order valence-corrected chi connectivity index (χ1v) is 6.22. The average Bonchev–Trinajstić information content (AvgIpc) is 2.84. The molecule has 3 aromatic rings. The van der Waals surface area contributed by atoms with Gasteiger partial charge in [0, 0.05) is 11.8 Å². The molecule has 0 aromatic carbocycles. The maximum absolute atomic E-state index is 5.76. The molecular weight excluding hydrogens is 274 g/mol. The highest BCUT2D eigenvalue weighted by molar-refractivity contribution is 7.80. The van der Waals surface area contributed by atoms with Gasteiger partial charge in [-0.05, 0) is 6.07 Å². The molecule has 0 saturated carbocycles. The molecule has 3 rings (SSSR count). The molecule has 0 amide bonds. The Labute approximate surface area is 119 Å². The number of hydrogen-bond donors (Lipinski definition) is 2. The number of anilines is 1. The van der Waals surface area contributed by atoms with E-state index in [-0.39, 0.29) is 4.99 Å². The van der Waals surface area contributed by atoms with Gasteiger partial charge in [-0.25, -0.2) is 15.0 Å². The fraction of sp³-hybridized carbons (Fsp3) is 0.0833. The van der Waals surface area contributed by atoms with Gasteiger partial charge in [-0.15, -0.1) is 0 Å². The highest BCUT2D eigenvalue weighted by Gasteiger charge is 2.11.